The van der Waals surface area contributed by atoms with Crippen LogP contribution in [0.25, 0.3) is 11.4 Å². The second-order valence-electron chi connectivity index (χ2n) is 5.74. The molecule has 2 rings (SSSR count). The van der Waals surface area contributed by atoms with Gasteiger partial charge in [0, 0.05) is 17.7 Å². The van der Waals surface area contributed by atoms with Gasteiger partial charge in [-0.3, -0.25) is 20.2 Å². The van der Waals surface area contributed by atoms with Gasteiger partial charge in [0.2, 0.25) is 11.7 Å². The van der Waals surface area contributed by atoms with Crippen LogP contribution in [-0.4, -0.2) is 33.7 Å². The van der Waals surface area contributed by atoms with Crippen LogP contribution in [0.1, 0.15) is 32.6 Å². The van der Waals surface area contributed by atoms with Crippen molar-refractivity contribution in [2.45, 2.75) is 38.8 Å². The zero-order valence-corrected chi connectivity index (χ0v) is 14.3. The molecule has 9 heteroatoms. The molecule has 0 amide bonds. The van der Waals surface area contributed by atoms with Crippen LogP contribution < -0.4 is 5.32 Å². The number of hydrogen-bond acceptors (Lipinski definition) is 8. The number of nitro benzene ring substituents is 1. The second kappa shape index (κ2) is 7.84. The SMILES string of the molecule is CCCC(C)(NCc1nc(-c2ccc([N+](=O)[O-])cc2)no1)C(=O)OC. The number of nitro groups is 1. The first-order valence-corrected chi connectivity index (χ1v) is 7.80. The summed E-state index contributed by atoms with van der Waals surface area (Å²) in [5.74, 6) is 0.269. The molecule has 0 aliphatic rings. The summed E-state index contributed by atoms with van der Waals surface area (Å²) in [6, 6.07) is 5.85. The van der Waals surface area contributed by atoms with Crippen molar-refractivity contribution in [1.29, 1.82) is 0 Å². The molecule has 2 aromatic rings. The van der Waals surface area contributed by atoms with Crippen molar-refractivity contribution in [3.63, 3.8) is 0 Å². The molecule has 134 valence electrons. The van der Waals surface area contributed by atoms with Gasteiger partial charge in [0.25, 0.3) is 5.69 Å². The van der Waals surface area contributed by atoms with E-state index in [1.807, 2.05) is 6.92 Å². The third-order valence-electron chi connectivity index (χ3n) is 3.82. The molecule has 1 aromatic heterocycles. The Hall–Kier alpha value is -2.81. The Morgan fingerprint density at radius 3 is 2.64 bits per heavy atom. The average Bonchev–Trinajstić information content (AvgIpc) is 3.08. The highest BCUT2D eigenvalue weighted by molar-refractivity contribution is 5.80. The Kier molecular flexibility index (Phi) is 5.81. The third-order valence-corrected chi connectivity index (χ3v) is 3.82. The van der Waals surface area contributed by atoms with Crippen molar-refractivity contribution < 1.29 is 19.0 Å². The molecule has 1 unspecified atom stereocenters. The van der Waals surface area contributed by atoms with Crippen molar-refractivity contribution in [3.8, 4) is 11.4 Å². The van der Waals surface area contributed by atoms with Crippen molar-refractivity contribution in [2.75, 3.05) is 7.11 Å². The molecule has 1 aromatic carbocycles. The van der Waals surface area contributed by atoms with Gasteiger partial charge in [0.15, 0.2) is 0 Å². The van der Waals surface area contributed by atoms with Crippen LogP contribution in [0.5, 0.6) is 0 Å². The summed E-state index contributed by atoms with van der Waals surface area (Å²) in [5.41, 5.74) is -0.252. The highest BCUT2D eigenvalue weighted by atomic mass is 16.6. The van der Waals surface area contributed by atoms with Crippen LogP contribution in [0.4, 0.5) is 5.69 Å². The van der Waals surface area contributed by atoms with Gasteiger partial charge in [-0.15, -0.1) is 0 Å². The van der Waals surface area contributed by atoms with Gasteiger partial charge in [0.1, 0.15) is 5.54 Å². The van der Waals surface area contributed by atoms with Gasteiger partial charge >= 0.3 is 5.97 Å². The van der Waals surface area contributed by atoms with Crippen molar-refractivity contribution in [3.05, 3.63) is 40.3 Å². The zero-order chi connectivity index (χ0) is 18.4. The van der Waals surface area contributed by atoms with Gasteiger partial charge in [-0.1, -0.05) is 18.5 Å². The van der Waals surface area contributed by atoms with E-state index < -0.39 is 10.5 Å². The van der Waals surface area contributed by atoms with E-state index in [0.29, 0.717) is 23.7 Å². The maximum atomic E-state index is 12.0. The highest BCUT2D eigenvalue weighted by Gasteiger charge is 2.33. The van der Waals surface area contributed by atoms with Crippen LogP contribution in [0, 0.1) is 10.1 Å². The molecule has 1 N–H and O–H groups in total. The number of nitrogens with one attached hydrogen (secondary N) is 1. The Morgan fingerprint density at radius 1 is 1.40 bits per heavy atom. The van der Waals surface area contributed by atoms with Crippen LogP contribution in [-0.2, 0) is 16.1 Å². The van der Waals surface area contributed by atoms with Gasteiger partial charge in [-0.05, 0) is 25.5 Å². The molecule has 0 saturated carbocycles. The minimum Gasteiger partial charge on any atom is -0.468 e. The predicted molar refractivity (Wildman–Crippen MR) is 88.6 cm³/mol. The lowest BCUT2D eigenvalue weighted by Crippen LogP contribution is -2.49. The van der Waals surface area contributed by atoms with E-state index in [-0.39, 0.29) is 18.2 Å². The molecule has 1 atom stereocenters. The van der Waals surface area contributed by atoms with E-state index in [0.717, 1.165) is 6.42 Å². The largest absolute Gasteiger partial charge is 0.468 e. The van der Waals surface area contributed by atoms with Crippen LogP contribution >= 0.6 is 0 Å². The van der Waals surface area contributed by atoms with E-state index in [9.17, 15) is 14.9 Å². The van der Waals surface area contributed by atoms with Crippen molar-refractivity contribution in [2.24, 2.45) is 0 Å². The fraction of sp³-hybridized carbons (Fsp3) is 0.438. The number of nitrogens with zero attached hydrogens (tertiary/aromatic N) is 3. The third kappa shape index (κ3) is 4.38. The standard InChI is InChI=1S/C16H20N4O5/c1-4-9-16(2,15(21)24-3)17-10-13-18-14(19-25-13)11-5-7-12(8-6-11)20(22)23/h5-8,17H,4,9-10H2,1-3H3. The Balaban J connectivity index is 2.08. The Morgan fingerprint density at radius 2 is 2.08 bits per heavy atom. The minimum atomic E-state index is -0.842. The van der Waals surface area contributed by atoms with Crippen LogP contribution in [0.3, 0.4) is 0 Å². The number of ether oxygens (including phenoxy) is 1. The molecule has 25 heavy (non-hydrogen) atoms. The zero-order valence-electron chi connectivity index (χ0n) is 14.3. The lowest BCUT2D eigenvalue weighted by Gasteiger charge is -2.26. The molecule has 1 heterocycles. The maximum absolute atomic E-state index is 12.0. The first-order chi connectivity index (χ1) is 11.9. The number of carbonyl (C=O) groups is 1. The molecule has 0 fully saturated rings. The molecule has 0 bridgehead atoms. The fourth-order valence-corrected chi connectivity index (χ4v) is 2.43. The van der Waals surface area contributed by atoms with E-state index in [1.54, 1.807) is 19.1 Å². The Labute approximate surface area is 144 Å². The monoisotopic (exact) mass is 348 g/mol. The lowest BCUT2D eigenvalue weighted by molar-refractivity contribution is -0.384. The van der Waals surface area contributed by atoms with Gasteiger partial charge in [0.05, 0.1) is 18.6 Å². The number of aromatic nitrogens is 2. The minimum absolute atomic E-state index is 0.0115. The summed E-state index contributed by atoms with van der Waals surface area (Å²) in [7, 11) is 1.34. The number of non-ortho nitro benzene ring substituents is 1. The van der Waals surface area contributed by atoms with Crippen molar-refractivity contribution >= 4 is 11.7 Å². The molecule has 0 aliphatic carbocycles. The summed E-state index contributed by atoms with van der Waals surface area (Å²) in [6.07, 6.45) is 1.40. The van der Waals surface area contributed by atoms with Gasteiger partial charge in [-0.2, -0.15) is 4.98 Å². The number of methoxy groups -OCH3 is 1. The molecular formula is C16H20N4O5. The first kappa shape index (κ1) is 18.5. The van der Waals surface area contributed by atoms with Gasteiger partial charge < -0.3 is 9.26 Å². The summed E-state index contributed by atoms with van der Waals surface area (Å²) in [6.45, 7) is 3.93. The van der Waals surface area contributed by atoms with Crippen LogP contribution in [0.2, 0.25) is 0 Å². The summed E-state index contributed by atoms with van der Waals surface area (Å²) in [4.78, 5) is 26.4. The topological polar surface area (TPSA) is 120 Å². The summed E-state index contributed by atoms with van der Waals surface area (Å²) < 4.78 is 10.0. The quantitative estimate of drug-likeness (QED) is 0.439. The maximum Gasteiger partial charge on any atom is 0.325 e. The van der Waals surface area contributed by atoms with Crippen LogP contribution in [0.15, 0.2) is 28.8 Å². The Bertz CT molecular complexity index is 743. The number of hydrogen-bond donors (Lipinski definition) is 1. The molecular weight excluding hydrogens is 328 g/mol. The highest BCUT2D eigenvalue weighted by Crippen LogP contribution is 2.20. The lowest BCUT2D eigenvalue weighted by atomic mass is 9.96. The van der Waals surface area contributed by atoms with E-state index in [1.165, 1.54) is 19.2 Å². The summed E-state index contributed by atoms with van der Waals surface area (Å²) in [5, 5.41) is 17.6. The van der Waals surface area contributed by atoms with E-state index >= 15 is 0 Å². The molecule has 0 spiro atoms. The predicted octanol–water partition coefficient (Wildman–Crippen LogP) is 2.47. The smallest absolute Gasteiger partial charge is 0.325 e. The first-order valence-electron chi connectivity index (χ1n) is 7.80. The van der Waals surface area contributed by atoms with E-state index in [4.69, 9.17) is 9.26 Å². The van der Waals surface area contributed by atoms with Crippen molar-refractivity contribution in [1.82, 2.24) is 15.5 Å². The number of benzene rings is 1. The number of carbonyl (C=O) groups excluding carboxylic acids is 1. The molecule has 0 radical (unpaired) electrons. The summed E-state index contributed by atoms with van der Waals surface area (Å²) >= 11 is 0. The van der Waals surface area contributed by atoms with E-state index in [2.05, 4.69) is 15.5 Å². The molecule has 0 aliphatic heterocycles. The molecule has 9 nitrogen and oxygen atoms in total. The van der Waals surface area contributed by atoms with Gasteiger partial charge in [-0.25, -0.2) is 0 Å². The normalized spacial score (nSPS) is 13.2. The average molecular weight is 348 g/mol. The molecule has 0 saturated heterocycles. The fourth-order valence-electron chi connectivity index (χ4n) is 2.43. The number of esters is 1. The second-order valence-corrected chi connectivity index (χ2v) is 5.74. The number of rotatable bonds is 8.